The van der Waals surface area contributed by atoms with Gasteiger partial charge in [-0.25, -0.2) is 8.42 Å². The third kappa shape index (κ3) is 5.46. The predicted octanol–water partition coefficient (Wildman–Crippen LogP) is 4.15. The lowest BCUT2D eigenvalue weighted by atomic mass is 9.99. The Morgan fingerprint density at radius 1 is 1.20 bits per heavy atom. The van der Waals surface area contributed by atoms with E-state index in [9.17, 15) is 18.0 Å². The van der Waals surface area contributed by atoms with Gasteiger partial charge in [-0.2, -0.15) is 4.31 Å². The highest BCUT2D eigenvalue weighted by Crippen LogP contribution is 2.35. The van der Waals surface area contributed by atoms with E-state index in [1.807, 2.05) is 6.07 Å². The molecule has 0 aliphatic carbocycles. The number of carbonyl (C=O) groups excluding carboxylic acids is 1. The number of unbranched alkanes of at least 4 members (excludes halogenated alkanes) is 3. The van der Waals surface area contributed by atoms with Gasteiger partial charge in [0.2, 0.25) is 15.5 Å². The first-order valence-electron chi connectivity index (χ1n) is 12.3. The van der Waals surface area contributed by atoms with Crippen LogP contribution in [-0.2, 0) is 10.0 Å². The van der Waals surface area contributed by atoms with E-state index in [-0.39, 0.29) is 21.9 Å². The first kappa shape index (κ1) is 25.1. The molecule has 1 aliphatic rings. The van der Waals surface area contributed by atoms with Crippen LogP contribution in [0.5, 0.6) is 0 Å². The molecule has 3 aromatic rings. The third-order valence-corrected chi connectivity index (χ3v) is 8.45. The molecule has 2 aromatic heterocycles. The number of fused-ring (bicyclic) bond motifs is 1. The van der Waals surface area contributed by atoms with Gasteiger partial charge in [-0.3, -0.25) is 14.6 Å². The van der Waals surface area contributed by atoms with Crippen LogP contribution in [0.2, 0.25) is 0 Å². The average Bonchev–Trinajstić information content (AvgIpc) is 2.89. The molecular weight excluding hydrogens is 464 g/mol. The van der Waals surface area contributed by atoms with Crippen molar-refractivity contribution in [3.8, 4) is 0 Å². The number of H-pyrrole nitrogens is 1. The number of aromatic nitrogens is 2. The van der Waals surface area contributed by atoms with E-state index >= 15 is 0 Å². The predicted molar refractivity (Wildman–Crippen MR) is 136 cm³/mol. The lowest BCUT2D eigenvalue weighted by Gasteiger charge is -2.34. The number of carbonyl (C=O) groups is 1. The Balaban J connectivity index is 1.63. The first-order chi connectivity index (χ1) is 16.9. The Kier molecular flexibility index (Phi) is 7.97. The summed E-state index contributed by atoms with van der Waals surface area (Å²) >= 11 is 0. The molecule has 1 amide bonds. The topological polar surface area (TPSA) is 112 Å². The fourth-order valence-corrected chi connectivity index (χ4v) is 6.32. The van der Waals surface area contributed by atoms with Crippen molar-refractivity contribution in [3.63, 3.8) is 0 Å². The second kappa shape index (κ2) is 11.1. The molecule has 4 rings (SSSR count). The van der Waals surface area contributed by atoms with Gasteiger partial charge in [0, 0.05) is 42.6 Å². The molecule has 0 bridgehead atoms. The molecule has 0 unspecified atom stereocenters. The van der Waals surface area contributed by atoms with Crippen LogP contribution in [0.25, 0.3) is 10.9 Å². The molecule has 9 heteroatoms. The molecule has 0 saturated carbocycles. The monoisotopic (exact) mass is 496 g/mol. The van der Waals surface area contributed by atoms with Gasteiger partial charge < -0.3 is 10.3 Å². The summed E-state index contributed by atoms with van der Waals surface area (Å²) in [4.78, 5) is 32.9. The summed E-state index contributed by atoms with van der Waals surface area (Å²) in [5.41, 5.74) is 0.835. The lowest BCUT2D eigenvalue weighted by Crippen LogP contribution is -2.38. The van der Waals surface area contributed by atoms with Gasteiger partial charge >= 0.3 is 0 Å². The van der Waals surface area contributed by atoms with Crippen LogP contribution in [0.15, 0.2) is 58.6 Å². The number of benzene rings is 1. The molecule has 1 aliphatic heterocycles. The van der Waals surface area contributed by atoms with E-state index in [4.69, 9.17) is 0 Å². The van der Waals surface area contributed by atoms with Crippen LogP contribution < -0.4 is 10.7 Å². The fourth-order valence-electron chi connectivity index (χ4n) is 4.61. The Morgan fingerprint density at radius 3 is 2.83 bits per heavy atom. The zero-order chi connectivity index (χ0) is 24.8. The van der Waals surface area contributed by atoms with Crippen LogP contribution in [0, 0.1) is 0 Å². The maximum Gasteiger partial charge on any atom is 0.256 e. The number of hydrogen-bond acceptors (Lipinski definition) is 5. The molecule has 1 saturated heterocycles. The number of amides is 1. The normalized spacial score (nSPS) is 16.9. The van der Waals surface area contributed by atoms with Gasteiger partial charge in [0.25, 0.3) is 5.91 Å². The molecule has 186 valence electrons. The van der Waals surface area contributed by atoms with Crippen LogP contribution in [0.1, 0.15) is 73.8 Å². The molecule has 0 spiro atoms. The van der Waals surface area contributed by atoms with Gasteiger partial charge in [-0.05, 0) is 49.1 Å². The Labute approximate surface area is 205 Å². The highest BCUT2D eigenvalue weighted by molar-refractivity contribution is 7.89. The number of aromatic amines is 1. The van der Waals surface area contributed by atoms with Crippen LogP contribution >= 0.6 is 0 Å². The van der Waals surface area contributed by atoms with E-state index in [0.29, 0.717) is 25.0 Å². The zero-order valence-electron chi connectivity index (χ0n) is 20.0. The van der Waals surface area contributed by atoms with Gasteiger partial charge in [0.1, 0.15) is 5.56 Å². The summed E-state index contributed by atoms with van der Waals surface area (Å²) < 4.78 is 28.9. The second-order valence-electron chi connectivity index (χ2n) is 8.97. The van der Waals surface area contributed by atoms with E-state index in [2.05, 4.69) is 22.2 Å². The standard InChI is InChI=1S/C26H32N4O4S/c1-2-3-4-6-14-28-26(32)22-18-29-23-12-11-20(16-21(23)25(22)31)35(33,34)30-15-7-5-10-24(30)19-9-8-13-27-17-19/h8-9,11-13,16-18,24H,2-7,10,14-15H2,1H3,(H,28,32)(H,29,31)/t24-/m0/s1. The highest BCUT2D eigenvalue weighted by atomic mass is 32.2. The number of hydrogen-bond donors (Lipinski definition) is 2. The van der Waals surface area contributed by atoms with Crippen molar-refractivity contribution in [2.24, 2.45) is 0 Å². The highest BCUT2D eigenvalue weighted by Gasteiger charge is 2.34. The van der Waals surface area contributed by atoms with Gasteiger partial charge in [-0.1, -0.05) is 38.7 Å². The molecule has 3 heterocycles. The minimum atomic E-state index is -3.87. The molecule has 0 radical (unpaired) electrons. The zero-order valence-corrected chi connectivity index (χ0v) is 20.8. The summed E-state index contributed by atoms with van der Waals surface area (Å²) in [5.74, 6) is -0.453. The Morgan fingerprint density at radius 2 is 2.06 bits per heavy atom. The molecule has 2 N–H and O–H groups in total. The number of nitrogens with zero attached hydrogens (tertiary/aromatic N) is 2. The second-order valence-corrected chi connectivity index (χ2v) is 10.9. The van der Waals surface area contributed by atoms with Gasteiger partial charge in [0.15, 0.2) is 0 Å². The third-order valence-electron chi connectivity index (χ3n) is 6.54. The molecule has 35 heavy (non-hydrogen) atoms. The van der Waals surface area contributed by atoms with Gasteiger partial charge in [-0.15, -0.1) is 0 Å². The quantitative estimate of drug-likeness (QED) is 0.432. The minimum Gasteiger partial charge on any atom is -0.360 e. The molecule has 1 atom stereocenters. The SMILES string of the molecule is CCCCCCNC(=O)c1c[nH]c2ccc(S(=O)(=O)N3CCCC[C@H]3c3cccnc3)cc2c1=O. The van der Waals surface area contributed by atoms with Crippen molar-refractivity contribution in [3.05, 3.63) is 70.3 Å². The van der Waals surface area contributed by atoms with E-state index in [1.165, 1.54) is 22.6 Å². The number of piperidine rings is 1. The summed E-state index contributed by atoms with van der Waals surface area (Å²) in [6.45, 7) is 3.01. The van der Waals surface area contributed by atoms with Crippen molar-refractivity contribution in [1.82, 2.24) is 19.6 Å². The molecular formula is C26H32N4O4S. The van der Waals surface area contributed by atoms with E-state index in [0.717, 1.165) is 44.1 Å². The molecule has 1 aromatic carbocycles. The van der Waals surface area contributed by atoms with Crippen LogP contribution in [0.4, 0.5) is 0 Å². The minimum absolute atomic E-state index is 0.0197. The van der Waals surface area contributed by atoms with E-state index in [1.54, 1.807) is 24.5 Å². The molecule has 8 nitrogen and oxygen atoms in total. The van der Waals surface area contributed by atoms with Crippen molar-refractivity contribution in [2.75, 3.05) is 13.1 Å². The van der Waals surface area contributed by atoms with Crippen LogP contribution in [0.3, 0.4) is 0 Å². The maximum absolute atomic E-state index is 13.7. The Bertz CT molecular complexity index is 1340. The summed E-state index contributed by atoms with van der Waals surface area (Å²) in [5, 5.41) is 2.97. The molecule has 1 fully saturated rings. The number of nitrogens with one attached hydrogen (secondary N) is 2. The number of pyridine rings is 2. The summed E-state index contributed by atoms with van der Waals surface area (Å²) in [7, 11) is -3.87. The van der Waals surface area contributed by atoms with Crippen molar-refractivity contribution in [2.45, 2.75) is 62.8 Å². The Hall–Kier alpha value is -3.04. The largest absolute Gasteiger partial charge is 0.360 e. The number of rotatable bonds is 9. The van der Waals surface area contributed by atoms with Crippen LogP contribution in [-0.4, -0.2) is 41.7 Å². The van der Waals surface area contributed by atoms with Gasteiger partial charge in [0.05, 0.1) is 10.9 Å². The number of sulfonamides is 1. The lowest BCUT2D eigenvalue weighted by molar-refractivity contribution is 0.0951. The fraction of sp³-hybridized carbons (Fsp3) is 0.423. The maximum atomic E-state index is 13.7. The summed E-state index contributed by atoms with van der Waals surface area (Å²) in [6.07, 6.45) is 11.2. The van der Waals surface area contributed by atoms with Crippen molar-refractivity contribution >= 4 is 26.8 Å². The van der Waals surface area contributed by atoms with Crippen molar-refractivity contribution < 1.29 is 13.2 Å². The smallest absolute Gasteiger partial charge is 0.256 e. The summed E-state index contributed by atoms with van der Waals surface area (Å²) in [6, 6.07) is 7.87. The van der Waals surface area contributed by atoms with Crippen molar-refractivity contribution in [1.29, 1.82) is 0 Å². The van der Waals surface area contributed by atoms with E-state index < -0.39 is 21.4 Å². The first-order valence-corrected chi connectivity index (χ1v) is 13.7. The average molecular weight is 497 g/mol.